The predicted octanol–water partition coefficient (Wildman–Crippen LogP) is -2.75. The smallest absolute Gasteiger partial charge is 0.187 e. The Morgan fingerprint density at radius 3 is 2.47 bits per heavy atom. The normalized spacial score (nSPS) is 43.8. The van der Waals surface area contributed by atoms with E-state index < -0.39 is 53.3 Å². The van der Waals surface area contributed by atoms with Crippen molar-refractivity contribution in [1.29, 1.82) is 0 Å². The molecule has 0 amide bonds. The number of aliphatic hydroxyl groups excluding tert-OH is 3. The van der Waals surface area contributed by atoms with E-state index in [1.807, 2.05) is 0 Å². The third-order valence-electron chi connectivity index (χ3n) is 3.11. The lowest BCUT2D eigenvalue weighted by Crippen LogP contribution is -2.63. The van der Waals surface area contributed by atoms with Gasteiger partial charge >= 0.3 is 0 Å². The molecule has 0 aromatic rings. The van der Waals surface area contributed by atoms with Crippen LogP contribution >= 0.6 is 0 Å². The van der Waals surface area contributed by atoms with E-state index in [4.69, 9.17) is 19.3 Å². The van der Waals surface area contributed by atoms with Crippen LogP contribution in [0.3, 0.4) is 0 Å². The summed E-state index contributed by atoms with van der Waals surface area (Å²) in [7, 11) is -3.24. The molecule has 0 spiro atoms. The average molecular weight is 298 g/mol. The lowest BCUT2D eigenvalue weighted by Gasteiger charge is -2.45. The Labute approximate surface area is 110 Å². The van der Waals surface area contributed by atoms with Crippen LogP contribution in [-0.2, 0) is 24.0 Å². The van der Waals surface area contributed by atoms with Gasteiger partial charge in [0.1, 0.15) is 34.3 Å². The summed E-state index contributed by atoms with van der Waals surface area (Å²) in [5, 5.41) is 28.6. The summed E-state index contributed by atoms with van der Waals surface area (Å²) in [5.41, 5.74) is 0. The first kappa shape index (κ1) is 15.1. The van der Waals surface area contributed by atoms with E-state index in [1.165, 1.54) is 0 Å². The summed E-state index contributed by atoms with van der Waals surface area (Å²) < 4.78 is 38.3. The molecule has 2 saturated heterocycles. The molecule has 2 aliphatic heterocycles. The Morgan fingerprint density at radius 2 is 1.89 bits per heavy atom. The molecule has 8 nitrogen and oxygen atoms in total. The molecule has 2 aliphatic rings. The van der Waals surface area contributed by atoms with Crippen molar-refractivity contribution in [3.05, 3.63) is 0 Å². The van der Waals surface area contributed by atoms with Gasteiger partial charge in [-0.2, -0.15) is 0 Å². The minimum absolute atomic E-state index is 0.00913. The van der Waals surface area contributed by atoms with Gasteiger partial charge in [0.05, 0.1) is 25.1 Å². The predicted molar refractivity (Wildman–Crippen MR) is 62.1 cm³/mol. The molecular formula is C10H18O8S. The van der Waals surface area contributed by atoms with Crippen molar-refractivity contribution in [1.82, 2.24) is 0 Å². The minimum atomic E-state index is -3.24. The standard InChI is InChI=1S/C10H18O8S/c1-19(14,15)4-5-3-16-10-9(17-5)8(13)7(12)6(2-11)18-10/h5-13H,2-4H2,1H3/t5-,6-,7-,8+,9-,10-/m1/s1. The van der Waals surface area contributed by atoms with Crippen molar-refractivity contribution >= 4 is 9.84 Å². The fourth-order valence-corrected chi connectivity index (χ4v) is 3.07. The second-order valence-electron chi connectivity index (χ2n) is 4.86. The maximum absolute atomic E-state index is 11.2. The molecule has 0 aromatic heterocycles. The summed E-state index contributed by atoms with van der Waals surface area (Å²) in [6.07, 6.45) is -5.11. The summed E-state index contributed by atoms with van der Waals surface area (Å²) in [6, 6.07) is 0. The van der Waals surface area contributed by atoms with Gasteiger partial charge in [0.25, 0.3) is 0 Å². The van der Waals surface area contributed by atoms with Crippen molar-refractivity contribution in [2.75, 3.05) is 25.2 Å². The Bertz CT molecular complexity index is 408. The number of sulfone groups is 1. The van der Waals surface area contributed by atoms with Gasteiger partial charge in [-0.05, 0) is 0 Å². The Kier molecular flexibility index (Phi) is 4.45. The monoisotopic (exact) mass is 298 g/mol. The van der Waals surface area contributed by atoms with E-state index in [0.29, 0.717) is 0 Å². The largest absolute Gasteiger partial charge is 0.394 e. The van der Waals surface area contributed by atoms with Crippen LogP contribution in [-0.4, -0.2) is 85.8 Å². The molecule has 2 heterocycles. The van der Waals surface area contributed by atoms with Crippen molar-refractivity contribution in [3.63, 3.8) is 0 Å². The van der Waals surface area contributed by atoms with Gasteiger partial charge in [0.2, 0.25) is 0 Å². The second kappa shape index (κ2) is 5.60. The minimum Gasteiger partial charge on any atom is -0.394 e. The highest BCUT2D eigenvalue weighted by Crippen LogP contribution is 2.28. The molecule has 0 unspecified atom stereocenters. The Hall–Kier alpha value is -0.290. The first-order chi connectivity index (χ1) is 8.81. The summed E-state index contributed by atoms with van der Waals surface area (Å²) >= 11 is 0. The molecule has 6 atom stereocenters. The van der Waals surface area contributed by atoms with Gasteiger partial charge in [-0.25, -0.2) is 8.42 Å². The lowest BCUT2D eigenvalue weighted by molar-refractivity contribution is -0.346. The quantitative estimate of drug-likeness (QED) is 0.513. The highest BCUT2D eigenvalue weighted by atomic mass is 32.2. The fraction of sp³-hybridized carbons (Fsp3) is 1.00. The Balaban J connectivity index is 2.04. The molecule has 3 N–H and O–H groups in total. The molecule has 2 fully saturated rings. The topological polar surface area (TPSA) is 123 Å². The Morgan fingerprint density at radius 1 is 1.21 bits per heavy atom. The third kappa shape index (κ3) is 3.43. The van der Waals surface area contributed by atoms with Crippen LogP contribution in [0.2, 0.25) is 0 Å². The van der Waals surface area contributed by atoms with Gasteiger partial charge in [-0.3, -0.25) is 0 Å². The molecule has 2 rings (SSSR count). The first-order valence-electron chi connectivity index (χ1n) is 5.89. The van der Waals surface area contributed by atoms with Crippen LogP contribution in [0.25, 0.3) is 0 Å². The van der Waals surface area contributed by atoms with Crippen LogP contribution in [0.1, 0.15) is 0 Å². The van der Waals surface area contributed by atoms with Gasteiger partial charge < -0.3 is 29.5 Å². The third-order valence-corrected chi connectivity index (χ3v) is 4.09. The zero-order chi connectivity index (χ0) is 14.2. The molecule has 0 aliphatic carbocycles. The summed E-state index contributed by atoms with van der Waals surface area (Å²) in [6.45, 7) is -0.452. The van der Waals surface area contributed by atoms with Gasteiger partial charge in [0, 0.05) is 6.26 Å². The molecule has 0 saturated carbocycles. The van der Waals surface area contributed by atoms with Crippen LogP contribution in [0.5, 0.6) is 0 Å². The fourth-order valence-electron chi connectivity index (χ4n) is 2.22. The number of ether oxygens (including phenoxy) is 3. The number of aliphatic hydroxyl groups is 3. The maximum Gasteiger partial charge on any atom is 0.187 e. The molecule has 19 heavy (non-hydrogen) atoms. The molecule has 112 valence electrons. The zero-order valence-corrected chi connectivity index (χ0v) is 11.2. The molecule has 0 radical (unpaired) electrons. The van der Waals surface area contributed by atoms with Crippen molar-refractivity contribution in [3.8, 4) is 0 Å². The molecule has 0 bridgehead atoms. The van der Waals surface area contributed by atoms with Crippen molar-refractivity contribution < 1.29 is 37.9 Å². The van der Waals surface area contributed by atoms with E-state index in [1.54, 1.807) is 0 Å². The zero-order valence-electron chi connectivity index (χ0n) is 10.4. The maximum atomic E-state index is 11.2. The van der Waals surface area contributed by atoms with Gasteiger partial charge in [-0.15, -0.1) is 0 Å². The molecular weight excluding hydrogens is 280 g/mol. The van der Waals surface area contributed by atoms with Gasteiger partial charge in [-0.1, -0.05) is 0 Å². The van der Waals surface area contributed by atoms with Crippen LogP contribution < -0.4 is 0 Å². The van der Waals surface area contributed by atoms with Crippen molar-refractivity contribution in [2.24, 2.45) is 0 Å². The summed E-state index contributed by atoms with van der Waals surface area (Å²) in [5.74, 6) is -0.234. The van der Waals surface area contributed by atoms with Crippen LogP contribution in [0, 0.1) is 0 Å². The highest BCUT2D eigenvalue weighted by molar-refractivity contribution is 7.90. The SMILES string of the molecule is CS(=O)(=O)C[C@H]1CO[C@@H]2O[C@H](CO)[C@@H](O)[C@H](O)[C@H]2O1. The van der Waals surface area contributed by atoms with E-state index in [9.17, 15) is 18.6 Å². The van der Waals surface area contributed by atoms with E-state index in [-0.39, 0.29) is 12.4 Å². The molecule has 9 heteroatoms. The van der Waals surface area contributed by atoms with E-state index in [0.717, 1.165) is 6.26 Å². The van der Waals surface area contributed by atoms with Crippen LogP contribution in [0.4, 0.5) is 0 Å². The first-order valence-corrected chi connectivity index (χ1v) is 7.95. The molecule has 0 aromatic carbocycles. The van der Waals surface area contributed by atoms with Crippen LogP contribution in [0.15, 0.2) is 0 Å². The van der Waals surface area contributed by atoms with Crippen molar-refractivity contribution in [2.45, 2.75) is 36.8 Å². The number of rotatable bonds is 3. The summed E-state index contributed by atoms with van der Waals surface area (Å²) in [4.78, 5) is 0. The number of hydrogen-bond acceptors (Lipinski definition) is 8. The number of fused-ring (bicyclic) bond motifs is 1. The average Bonchev–Trinajstić information content (AvgIpc) is 2.32. The lowest BCUT2D eigenvalue weighted by atomic mass is 9.98. The van der Waals surface area contributed by atoms with E-state index >= 15 is 0 Å². The highest BCUT2D eigenvalue weighted by Gasteiger charge is 2.48. The number of hydrogen-bond donors (Lipinski definition) is 3. The second-order valence-corrected chi connectivity index (χ2v) is 7.04. The van der Waals surface area contributed by atoms with Gasteiger partial charge in [0.15, 0.2) is 6.29 Å². The van der Waals surface area contributed by atoms with E-state index in [2.05, 4.69) is 0 Å².